The van der Waals surface area contributed by atoms with Crippen LogP contribution in [0.1, 0.15) is 45.0 Å². The topological polar surface area (TPSA) is 93.5 Å². The van der Waals surface area contributed by atoms with Crippen molar-refractivity contribution in [3.8, 4) is 5.75 Å². The number of hydrogen-bond donors (Lipinski definition) is 1. The summed E-state index contributed by atoms with van der Waals surface area (Å²) in [6, 6.07) is 12.3. The van der Waals surface area contributed by atoms with Gasteiger partial charge < -0.3 is 15.0 Å². The third kappa shape index (κ3) is 5.82. The van der Waals surface area contributed by atoms with Crippen molar-refractivity contribution < 1.29 is 14.3 Å². The highest BCUT2D eigenvalue weighted by atomic mass is 35.5. The first-order valence-corrected chi connectivity index (χ1v) is 12.3. The maximum Gasteiger partial charge on any atom is 0.261 e. The Hall–Kier alpha value is -3.39. The number of carbonyl (C=O) groups excluding carboxylic acids is 2. The maximum atomic E-state index is 13.0. The van der Waals surface area contributed by atoms with Gasteiger partial charge in [0, 0.05) is 37.7 Å². The van der Waals surface area contributed by atoms with Gasteiger partial charge in [0.1, 0.15) is 11.6 Å². The molecule has 0 atom stereocenters. The van der Waals surface area contributed by atoms with Crippen LogP contribution >= 0.6 is 11.6 Å². The van der Waals surface area contributed by atoms with Gasteiger partial charge in [0.2, 0.25) is 5.91 Å². The predicted octanol–water partition coefficient (Wildman–Crippen LogP) is 4.20. The molecular formula is C26H29ClN4O4. The number of carbonyl (C=O) groups is 2. The number of para-hydroxylation sites is 1. The summed E-state index contributed by atoms with van der Waals surface area (Å²) in [6.07, 6.45) is 2.43. The van der Waals surface area contributed by atoms with Crippen molar-refractivity contribution in [2.45, 2.75) is 45.6 Å². The number of nitrogens with one attached hydrogen (secondary N) is 1. The van der Waals surface area contributed by atoms with E-state index in [1.165, 1.54) is 0 Å². The first-order valence-electron chi connectivity index (χ1n) is 11.9. The van der Waals surface area contributed by atoms with Crippen LogP contribution in [0.25, 0.3) is 10.9 Å². The van der Waals surface area contributed by atoms with E-state index in [-0.39, 0.29) is 36.4 Å². The van der Waals surface area contributed by atoms with Gasteiger partial charge in [-0.3, -0.25) is 19.0 Å². The molecule has 0 aliphatic heterocycles. The second kappa shape index (κ2) is 10.9. The van der Waals surface area contributed by atoms with Gasteiger partial charge in [-0.2, -0.15) is 0 Å². The third-order valence-corrected chi connectivity index (χ3v) is 6.35. The Morgan fingerprint density at radius 1 is 1.17 bits per heavy atom. The van der Waals surface area contributed by atoms with E-state index in [2.05, 4.69) is 10.3 Å². The van der Waals surface area contributed by atoms with E-state index in [0.717, 1.165) is 12.8 Å². The lowest BCUT2D eigenvalue weighted by molar-refractivity contribution is -0.133. The number of aryl methyl sites for hydroxylation is 1. The van der Waals surface area contributed by atoms with E-state index in [9.17, 15) is 14.4 Å². The Kier molecular flexibility index (Phi) is 7.70. The molecule has 3 aromatic rings. The lowest BCUT2D eigenvalue weighted by atomic mass is 10.2. The molecule has 0 spiro atoms. The molecule has 0 radical (unpaired) electrons. The largest absolute Gasteiger partial charge is 0.482 e. The van der Waals surface area contributed by atoms with Crippen molar-refractivity contribution in [2.24, 2.45) is 0 Å². The van der Waals surface area contributed by atoms with Crippen molar-refractivity contribution in [3.05, 3.63) is 63.7 Å². The van der Waals surface area contributed by atoms with E-state index in [1.807, 2.05) is 32.0 Å². The van der Waals surface area contributed by atoms with E-state index in [0.29, 0.717) is 52.7 Å². The van der Waals surface area contributed by atoms with Crippen LogP contribution in [0.15, 0.2) is 47.3 Å². The van der Waals surface area contributed by atoms with Crippen molar-refractivity contribution in [1.82, 2.24) is 14.5 Å². The van der Waals surface area contributed by atoms with E-state index in [1.54, 1.807) is 33.7 Å². The minimum atomic E-state index is -0.212. The number of aromatic nitrogens is 2. The number of anilines is 1. The van der Waals surface area contributed by atoms with Crippen LogP contribution in [-0.2, 0) is 16.0 Å². The van der Waals surface area contributed by atoms with Gasteiger partial charge in [-0.25, -0.2) is 4.98 Å². The number of benzene rings is 2. The lowest BCUT2D eigenvalue weighted by Gasteiger charge is -2.19. The van der Waals surface area contributed by atoms with Crippen LogP contribution in [0.4, 0.5) is 5.69 Å². The fourth-order valence-electron chi connectivity index (χ4n) is 4.03. The molecule has 0 saturated heterocycles. The summed E-state index contributed by atoms with van der Waals surface area (Å²) in [5.41, 5.74) is 1.12. The lowest BCUT2D eigenvalue weighted by Crippen LogP contribution is -2.34. The second-order valence-electron chi connectivity index (χ2n) is 8.50. The molecule has 1 fully saturated rings. The van der Waals surface area contributed by atoms with Gasteiger partial charge in [-0.05, 0) is 57.0 Å². The molecule has 2 aromatic carbocycles. The molecule has 35 heavy (non-hydrogen) atoms. The SMILES string of the molecule is CCN(CC)C(=O)COc1ccc(NC(=O)CCc2nc3ccccc3c(=O)n2C2CC2)cc1Cl. The zero-order valence-corrected chi connectivity index (χ0v) is 20.7. The molecule has 8 nitrogen and oxygen atoms in total. The third-order valence-electron chi connectivity index (χ3n) is 6.05. The molecule has 1 heterocycles. The summed E-state index contributed by atoms with van der Waals surface area (Å²) in [5, 5.41) is 3.73. The highest BCUT2D eigenvalue weighted by molar-refractivity contribution is 6.32. The number of amides is 2. The van der Waals surface area contributed by atoms with E-state index < -0.39 is 0 Å². The fourth-order valence-corrected chi connectivity index (χ4v) is 4.26. The molecule has 0 bridgehead atoms. The van der Waals surface area contributed by atoms with Crippen LogP contribution in [-0.4, -0.2) is 46.0 Å². The Balaban J connectivity index is 1.38. The Bertz CT molecular complexity index is 1300. The predicted molar refractivity (Wildman–Crippen MR) is 136 cm³/mol. The molecule has 2 amide bonds. The first kappa shape index (κ1) is 24.7. The number of likely N-dealkylation sites (N-methyl/N-ethyl adjacent to an activating group) is 1. The maximum absolute atomic E-state index is 13.0. The quantitative estimate of drug-likeness (QED) is 0.454. The standard InChI is InChI=1S/C26H29ClN4O4/c1-3-30(4-2)25(33)16-35-22-12-9-17(15-20(22)27)28-24(32)14-13-23-29-21-8-6-5-7-19(21)26(34)31(23)18-10-11-18/h5-9,12,15,18H,3-4,10-11,13-14,16H2,1-2H3,(H,28,32). The number of halogens is 1. The summed E-state index contributed by atoms with van der Waals surface area (Å²) in [4.78, 5) is 44.1. The summed E-state index contributed by atoms with van der Waals surface area (Å²) in [7, 11) is 0. The molecular weight excluding hydrogens is 468 g/mol. The number of rotatable bonds is 10. The van der Waals surface area contributed by atoms with Gasteiger partial charge in [0.25, 0.3) is 11.5 Å². The van der Waals surface area contributed by atoms with Crippen molar-refractivity contribution >= 4 is 40.0 Å². The molecule has 1 aliphatic rings. The summed E-state index contributed by atoms with van der Waals surface area (Å²) in [5.74, 6) is 0.677. The number of ether oxygens (including phenoxy) is 1. The van der Waals surface area contributed by atoms with Crippen LogP contribution in [0.3, 0.4) is 0 Å². The highest BCUT2D eigenvalue weighted by Crippen LogP contribution is 2.35. The second-order valence-corrected chi connectivity index (χ2v) is 8.91. The Labute approximate surface area is 208 Å². The Morgan fingerprint density at radius 3 is 2.60 bits per heavy atom. The smallest absolute Gasteiger partial charge is 0.261 e. The molecule has 1 N–H and O–H groups in total. The average molecular weight is 497 g/mol. The summed E-state index contributed by atoms with van der Waals surface area (Å²) < 4.78 is 7.31. The number of hydrogen-bond acceptors (Lipinski definition) is 5. The van der Waals surface area contributed by atoms with Crippen molar-refractivity contribution in [2.75, 3.05) is 25.0 Å². The molecule has 4 rings (SSSR count). The van der Waals surface area contributed by atoms with Crippen molar-refractivity contribution in [3.63, 3.8) is 0 Å². The highest BCUT2D eigenvalue weighted by Gasteiger charge is 2.28. The molecule has 1 aromatic heterocycles. The monoisotopic (exact) mass is 496 g/mol. The number of fused-ring (bicyclic) bond motifs is 1. The van der Waals surface area contributed by atoms with E-state index >= 15 is 0 Å². The summed E-state index contributed by atoms with van der Waals surface area (Å²) in [6.45, 7) is 4.94. The molecule has 9 heteroatoms. The van der Waals surface area contributed by atoms with Crippen LogP contribution in [0.5, 0.6) is 5.75 Å². The zero-order valence-electron chi connectivity index (χ0n) is 19.9. The molecule has 0 unspecified atom stereocenters. The minimum Gasteiger partial charge on any atom is -0.482 e. The Morgan fingerprint density at radius 2 is 1.91 bits per heavy atom. The van der Waals surface area contributed by atoms with Gasteiger partial charge in [-0.1, -0.05) is 23.7 Å². The molecule has 1 saturated carbocycles. The van der Waals surface area contributed by atoms with Crippen molar-refractivity contribution in [1.29, 1.82) is 0 Å². The number of nitrogens with zero attached hydrogens (tertiary/aromatic N) is 3. The fraction of sp³-hybridized carbons (Fsp3) is 0.385. The van der Waals surface area contributed by atoms with Crippen LogP contribution < -0.4 is 15.6 Å². The van der Waals surface area contributed by atoms with Gasteiger partial charge in [0.15, 0.2) is 6.61 Å². The van der Waals surface area contributed by atoms with E-state index in [4.69, 9.17) is 16.3 Å². The summed E-state index contributed by atoms with van der Waals surface area (Å²) >= 11 is 6.30. The first-order chi connectivity index (χ1) is 16.9. The van der Waals surface area contributed by atoms with Gasteiger partial charge >= 0.3 is 0 Å². The average Bonchev–Trinajstić information content (AvgIpc) is 3.68. The van der Waals surface area contributed by atoms with Gasteiger partial charge in [-0.15, -0.1) is 0 Å². The van der Waals surface area contributed by atoms with Crippen LogP contribution in [0, 0.1) is 0 Å². The van der Waals surface area contributed by atoms with Crippen LogP contribution in [0.2, 0.25) is 5.02 Å². The molecule has 184 valence electrons. The zero-order chi connectivity index (χ0) is 24.9. The minimum absolute atomic E-state index is 0.0460. The molecule has 1 aliphatic carbocycles. The van der Waals surface area contributed by atoms with Gasteiger partial charge in [0.05, 0.1) is 15.9 Å². The normalized spacial score (nSPS) is 13.0.